The molecule has 0 fully saturated rings. The summed E-state index contributed by atoms with van der Waals surface area (Å²) in [5.41, 5.74) is 0.546. The Morgan fingerprint density at radius 3 is 2.50 bits per heavy atom. The second-order valence-corrected chi connectivity index (χ2v) is 7.09. The van der Waals surface area contributed by atoms with Crippen LogP contribution in [0, 0.1) is 10.1 Å². The fourth-order valence-corrected chi connectivity index (χ4v) is 3.22. The molecule has 0 radical (unpaired) electrons. The lowest BCUT2D eigenvalue weighted by atomic mass is 10.1. The maximum Gasteiger partial charge on any atom is 0.313 e. The molecule has 1 heterocycles. The Balaban J connectivity index is 1.55. The number of anilines is 1. The van der Waals surface area contributed by atoms with E-state index in [2.05, 4.69) is 5.32 Å². The van der Waals surface area contributed by atoms with Crippen LogP contribution in [0.25, 0.3) is 0 Å². The first kappa shape index (κ1) is 21.3. The molecular formula is C22H17ClN2O7. The van der Waals surface area contributed by atoms with Gasteiger partial charge in [0.25, 0.3) is 5.91 Å². The van der Waals surface area contributed by atoms with Gasteiger partial charge in [-0.2, -0.15) is 0 Å². The molecular weight excluding hydrogens is 440 g/mol. The minimum absolute atomic E-state index is 0.00817. The largest absolute Gasteiger partial charge is 0.493 e. The Morgan fingerprint density at radius 2 is 1.75 bits per heavy atom. The second kappa shape index (κ2) is 9.03. The minimum Gasteiger partial charge on any atom is -0.493 e. The molecule has 0 aliphatic carbocycles. The number of nitro groups is 1. The SMILES string of the molecule is COc1cc(C(=O)Nc2ccc3c(c2)OCCO3)ccc1Oc1ccc(Cl)cc1[N+](=O)[O-]. The smallest absolute Gasteiger partial charge is 0.313 e. The Kier molecular flexibility index (Phi) is 6.00. The zero-order chi connectivity index (χ0) is 22.7. The third-order valence-electron chi connectivity index (χ3n) is 4.56. The maximum atomic E-state index is 12.7. The normalized spacial score (nSPS) is 12.1. The molecule has 4 rings (SSSR count). The zero-order valence-electron chi connectivity index (χ0n) is 16.8. The van der Waals surface area contributed by atoms with E-state index in [1.807, 2.05) is 0 Å². The van der Waals surface area contributed by atoms with Crippen LogP contribution in [0.15, 0.2) is 54.6 Å². The summed E-state index contributed by atoms with van der Waals surface area (Å²) in [6, 6.07) is 13.7. The molecule has 3 aromatic rings. The molecule has 164 valence electrons. The average molecular weight is 457 g/mol. The van der Waals surface area contributed by atoms with Gasteiger partial charge in [0.05, 0.1) is 12.0 Å². The van der Waals surface area contributed by atoms with Crippen molar-refractivity contribution >= 4 is 28.9 Å². The van der Waals surface area contributed by atoms with Gasteiger partial charge in [0.15, 0.2) is 23.0 Å². The van der Waals surface area contributed by atoms with Crippen molar-refractivity contribution in [1.29, 1.82) is 0 Å². The number of ether oxygens (including phenoxy) is 4. The Hall–Kier alpha value is -3.98. The number of hydrogen-bond donors (Lipinski definition) is 1. The zero-order valence-corrected chi connectivity index (χ0v) is 17.5. The van der Waals surface area contributed by atoms with Crippen LogP contribution in [0.1, 0.15) is 10.4 Å². The summed E-state index contributed by atoms with van der Waals surface area (Å²) in [5, 5.41) is 14.3. The van der Waals surface area contributed by atoms with Crippen molar-refractivity contribution in [3.05, 3.63) is 75.3 Å². The van der Waals surface area contributed by atoms with Crippen LogP contribution in [0.3, 0.4) is 0 Å². The fourth-order valence-electron chi connectivity index (χ4n) is 3.06. The molecule has 1 aliphatic rings. The predicted molar refractivity (Wildman–Crippen MR) is 117 cm³/mol. The molecule has 9 nitrogen and oxygen atoms in total. The van der Waals surface area contributed by atoms with E-state index in [-0.39, 0.29) is 33.9 Å². The monoisotopic (exact) mass is 456 g/mol. The standard InChI is InChI=1S/C22H17ClN2O7/c1-29-20-10-13(22(26)24-15-4-7-18-21(12-15)31-9-8-30-18)2-5-19(20)32-17-6-3-14(23)11-16(17)25(27)28/h2-7,10-12H,8-9H2,1H3,(H,24,26). The van der Waals surface area contributed by atoms with Gasteiger partial charge in [-0.05, 0) is 42.5 Å². The number of nitrogens with one attached hydrogen (secondary N) is 1. The minimum atomic E-state index is -0.594. The molecule has 0 spiro atoms. The number of methoxy groups -OCH3 is 1. The van der Waals surface area contributed by atoms with E-state index in [0.717, 1.165) is 0 Å². The van der Waals surface area contributed by atoms with Crippen molar-refractivity contribution in [2.24, 2.45) is 0 Å². The number of fused-ring (bicyclic) bond motifs is 1. The third-order valence-corrected chi connectivity index (χ3v) is 4.80. The highest BCUT2D eigenvalue weighted by atomic mass is 35.5. The van der Waals surface area contributed by atoms with Crippen molar-refractivity contribution in [2.75, 3.05) is 25.6 Å². The molecule has 1 aliphatic heterocycles. The van der Waals surface area contributed by atoms with E-state index < -0.39 is 4.92 Å². The van der Waals surface area contributed by atoms with Gasteiger partial charge < -0.3 is 24.3 Å². The van der Waals surface area contributed by atoms with Crippen LogP contribution >= 0.6 is 11.6 Å². The third kappa shape index (κ3) is 4.52. The summed E-state index contributed by atoms with van der Waals surface area (Å²) < 4.78 is 22.0. The molecule has 0 bridgehead atoms. The molecule has 0 aromatic heterocycles. The van der Waals surface area contributed by atoms with E-state index in [1.165, 1.54) is 43.5 Å². The summed E-state index contributed by atoms with van der Waals surface area (Å²) in [7, 11) is 1.40. The first-order valence-corrected chi connectivity index (χ1v) is 9.83. The highest BCUT2D eigenvalue weighted by molar-refractivity contribution is 6.30. The predicted octanol–water partition coefficient (Wildman–Crippen LogP) is 5.07. The van der Waals surface area contributed by atoms with E-state index in [9.17, 15) is 14.9 Å². The number of carbonyl (C=O) groups is 1. The van der Waals surface area contributed by atoms with Crippen LogP contribution in [0.4, 0.5) is 11.4 Å². The topological polar surface area (TPSA) is 109 Å². The molecule has 0 atom stereocenters. The summed E-state index contributed by atoms with van der Waals surface area (Å²) in [4.78, 5) is 23.4. The molecule has 1 N–H and O–H groups in total. The number of nitro benzene ring substituents is 1. The van der Waals surface area contributed by atoms with Crippen molar-refractivity contribution in [3.63, 3.8) is 0 Å². The van der Waals surface area contributed by atoms with Gasteiger partial charge in [0.2, 0.25) is 5.75 Å². The molecule has 1 amide bonds. The molecule has 0 unspecified atom stereocenters. The summed E-state index contributed by atoms with van der Waals surface area (Å²) in [6.45, 7) is 0.918. The Morgan fingerprint density at radius 1 is 1.00 bits per heavy atom. The van der Waals surface area contributed by atoms with Crippen LogP contribution in [-0.2, 0) is 0 Å². The van der Waals surface area contributed by atoms with Crippen LogP contribution in [-0.4, -0.2) is 31.2 Å². The molecule has 10 heteroatoms. The van der Waals surface area contributed by atoms with E-state index >= 15 is 0 Å². The highest BCUT2D eigenvalue weighted by Gasteiger charge is 2.19. The lowest BCUT2D eigenvalue weighted by Gasteiger charge is -2.19. The summed E-state index contributed by atoms with van der Waals surface area (Å²) in [6.07, 6.45) is 0. The number of halogens is 1. The van der Waals surface area contributed by atoms with Gasteiger partial charge >= 0.3 is 5.69 Å². The first-order chi connectivity index (χ1) is 15.4. The van der Waals surface area contributed by atoms with Gasteiger partial charge in [-0.15, -0.1) is 0 Å². The number of amides is 1. The Bertz CT molecular complexity index is 1200. The van der Waals surface area contributed by atoms with Crippen molar-refractivity contribution in [1.82, 2.24) is 0 Å². The lowest BCUT2D eigenvalue weighted by molar-refractivity contribution is -0.385. The van der Waals surface area contributed by atoms with Crippen molar-refractivity contribution < 1.29 is 28.7 Å². The summed E-state index contributed by atoms with van der Waals surface area (Å²) in [5.74, 6) is 1.21. The van der Waals surface area contributed by atoms with E-state index in [0.29, 0.717) is 36.0 Å². The van der Waals surface area contributed by atoms with Crippen molar-refractivity contribution in [3.8, 4) is 28.7 Å². The van der Waals surface area contributed by atoms with Crippen LogP contribution in [0.2, 0.25) is 5.02 Å². The van der Waals surface area contributed by atoms with Crippen molar-refractivity contribution in [2.45, 2.75) is 0 Å². The van der Waals surface area contributed by atoms with E-state index in [4.69, 9.17) is 30.5 Å². The average Bonchev–Trinajstić information content (AvgIpc) is 2.80. The highest BCUT2D eigenvalue weighted by Crippen LogP contribution is 2.38. The quantitative estimate of drug-likeness (QED) is 0.407. The second-order valence-electron chi connectivity index (χ2n) is 6.65. The molecule has 3 aromatic carbocycles. The number of nitrogens with zero attached hydrogens (tertiary/aromatic N) is 1. The van der Waals surface area contributed by atoms with Gasteiger partial charge in [0.1, 0.15) is 13.2 Å². The fraction of sp³-hybridized carbons (Fsp3) is 0.136. The number of hydrogen-bond acceptors (Lipinski definition) is 7. The molecule has 0 saturated heterocycles. The van der Waals surface area contributed by atoms with E-state index in [1.54, 1.807) is 18.2 Å². The number of benzene rings is 3. The molecule has 0 saturated carbocycles. The van der Waals surface area contributed by atoms with Gasteiger partial charge in [-0.25, -0.2) is 0 Å². The lowest BCUT2D eigenvalue weighted by Crippen LogP contribution is -2.16. The number of rotatable bonds is 6. The van der Waals surface area contributed by atoms with Gasteiger partial charge in [-0.3, -0.25) is 14.9 Å². The molecule has 32 heavy (non-hydrogen) atoms. The van der Waals surface area contributed by atoms with Crippen LogP contribution in [0.5, 0.6) is 28.7 Å². The number of carbonyl (C=O) groups excluding carboxylic acids is 1. The first-order valence-electron chi connectivity index (χ1n) is 9.45. The maximum absolute atomic E-state index is 12.7. The Labute approximate surface area is 187 Å². The van der Waals surface area contributed by atoms with Crippen LogP contribution < -0.4 is 24.3 Å². The van der Waals surface area contributed by atoms with Gasteiger partial charge in [0, 0.05) is 28.4 Å². The summed E-state index contributed by atoms with van der Waals surface area (Å²) >= 11 is 5.84. The van der Waals surface area contributed by atoms with Gasteiger partial charge in [-0.1, -0.05) is 11.6 Å².